The zero-order chi connectivity index (χ0) is 12.4. The number of hydrogen-bond donors (Lipinski definition) is 2. The predicted octanol–water partition coefficient (Wildman–Crippen LogP) is 1.99. The van der Waals surface area contributed by atoms with Crippen molar-refractivity contribution in [1.29, 1.82) is 0 Å². The van der Waals surface area contributed by atoms with E-state index in [2.05, 4.69) is 16.4 Å². The summed E-state index contributed by atoms with van der Waals surface area (Å²) in [4.78, 5) is 4.42. The molecule has 3 rings (SSSR count). The van der Waals surface area contributed by atoms with Gasteiger partial charge in [0.25, 0.3) is 0 Å². The lowest BCUT2D eigenvalue weighted by Crippen LogP contribution is -2.23. The van der Waals surface area contributed by atoms with Gasteiger partial charge in [0.2, 0.25) is 0 Å². The molecule has 1 unspecified atom stereocenters. The highest BCUT2D eigenvalue weighted by molar-refractivity contribution is 5.80. The van der Waals surface area contributed by atoms with Gasteiger partial charge in [0, 0.05) is 18.2 Å². The molecular formula is C14H16N2O2. The van der Waals surface area contributed by atoms with Gasteiger partial charge in [-0.3, -0.25) is 4.98 Å². The van der Waals surface area contributed by atoms with E-state index < -0.39 is 0 Å². The summed E-state index contributed by atoms with van der Waals surface area (Å²) in [5, 5.41) is 13.9. The first-order valence-corrected chi connectivity index (χ1v) is 6.23. The molecule has 4 nitrogen and oxygen atoms in total. The lowest BCUT2D eigenvalue weighted by molar-refractivity contribution is 0.131. The van der Waals surface area contributed by atoms with E-state index in [9.17, 15) is 5.11 Å². The van der Waals surface area contributed by atoms with E-state index in [4.69, 9.17) is 4.74 Å². The number of aromatic nitrogens is 1. The van der Waals surface area contributed by atoms with Crippen LogP contribution < -0.4 is 5.32 Å². The molecule has 1 atom stereocenters. The number of nitrogens with zero attached hydrogens (tertiary/aromatic N) is 1. The van der Waals surface area contributed by atoms with Gasteiger partial charge in [-0.25, -0.2) is 0 Å². The third-order valence-corrected chi connectivity index (χ3v) is 3.23. The number of fused-ring (bicyclic) bond motifs is 1. The van der Waals surface area contributed by atoms with Gasteiger partial charge in [-0.05, 0) is 42.8 Å². The molecular weight excluding hydrogens is 228 g/mol. The number of pyridine rings is 1. The number of phenols is 1. The van der Waals surface area contributed by atoms with Crippen molar-refractivity contribution in [2.45, 2.75) is 12.5 Å². The maximum absolute atomic E-state index is 9.51. The van der Waals surface area contributed by atoms with Crippen molar-refractivity contribution in [2.75, 3.05) is 19.8 Å². The standard InChI is InChI=1S/C14H16N2O2/c17-12-2-3-13-10(7-12)6-11(8-16-13)14-9-18-5-1-4-15-14/h2-3,6-8,14-15,17H,1,4-5,9H2. The van der Waals surface area contributed by atoms with Gasteiger partial charge in [-0.15, -0.1) is 0 Å². The minimum absolute atomic E-state index is 0.187. The Bertz CT molecular complexity index is 548. The van der Waals surface area contributed by atoms with Gasteiger partial charge in [0.1, 0.15) is 5.75 Å². The van der Waals surface area contributed by atoms with Crippen molar-refractivity contribution in [3.8, 4) is 5.75 Å². The average molecular weight is 244 g/mol. The number of hydrogen-bond acceptors (Lipinski definition) is 4. The first-order valence-electron chi connectivity index (χ1n) is 6.23. The predicted molar refractivity (Wildman–Crippen MR) is 69.6 cm³/mol. The molecule has 2 aromatic rings. The van der Waals surface area contributed by atoms with Crippen LogP contribution in [0.25, 0.3) is 10.9 Å². The number of aromatic hydroxyl groups is 1. The molecule has 1 aromatic carbocycles. The van der Waals surface area contributed by atoms with Gasteiger partial charge in [-0.1, -0.05) is 0 Å². The molecule has 1 aliphatic rings. The minimum atomic E-state index is 0.187. The molecule has 1 fully saturated rings. The summed E-state index contributed by atoms with van der Waals surface area (Å²) in [5.74, 6) is 0.270. The lowest BCUT2D eigenvalue weighted by Gasteiger charge is -2.15. The zero-order valence-corrected chi connectivity index (χ0v) is 10.1. The van der Waals surface area contributed by atoms with Crippen molar-refractivity contribution in [1.82, 2.24) is 10.3 Å². The first-order chi connectivity index (χ1) is 8.83. The van der Waals surface area contributed by atoms with Crippen molar-refractivity contribution >= 4 is 10.9 Å². The van der Waals surface area contributed by atoms with Crippen LogP contribution in [-0.4, -0.2) is 29.8 Å². The third kappa shape index (κ3) is 2.30. The molecule has 0 amide bonds. The van der Waals surface area contributed by atoms with Gasteiger partial charge in [0.15, 0.2) is 0 Å². The molecule has 0 spiro atoms. The Kier molecular flexibility index (Phi) is 3.13. The highest BCUT2D eigenvalue weighted by Gasteiger charge is 2.14. The van der Waals surface area contributed by atoms with Crippen LogP contribution in [0.5, 0.6) is 5.75 Å². The van der Waals surface area contributed by atoms with Gasteiger partial charge < -0.3 is 15.2 Å². The van der Waals surface area contributed by atoms with Gasteiger partial charge in [0.05, 0.1) is 18.2 Å². The Hall–Kier alpha value is -1.65. The largest absolute Gasteiger partial charge is 0.508 e. The third-order valence-electron chi connectivity index (χ3n) is 3.23. The number of ether oxygens (including phenoxy) is 1. The Morgan fingerprint density at radius 3 is 3.22 bits per heavy atom. The smallest absolute Gasteiger partial charge is 0.116 e. The summed E-state index contributed by atoms with van der Waals surface area (Å²) >= 11 is 0. The second-order valence-corrected chi connectivity index (χ2v) is 4.58. The maximum Gasteiger partial charge on any atom is 0.116 e. The van der Waals surface area contributed by atoms with E-state index in [0.29, 0.717) is 6.61 Å². The molecule has 94 valence electrons. The molecule has 0 bridgehead atoms. The summed E-state index contributed by atoms with van der Waals surface area (Å²) < 4.78 is 5.56. The summed E-state index contributed by atoms with van der Waals surface area (Å²) in [5.41, 5.74) is 2.00. The molecule has 0 radical (unpaired) electrons. The highest BCUT2D eigenvalue weighted by Crippen LogP contribution is 2.22. The van der Waals surface area contributed by atoms with Crippen LogP contribution in [0.4, 0.5) is 0 Å². The normalized spacial score (nSPS) is 20.8. The summed E-state index contributed by atoms with van der Waals surface area (Å²) in [6, 6.07) is 7.47. The molecule has 0 saturated carbocycles. The van der Waals surface area contributed by atoms with E-state index in [1.165, 1.54) is 0 Å². The van der Waals surface area contributed by atoms with Crippen LogP contribution in [-0.2, 0) is 4.74 Å². The van der Waals surface area contributed by atoms with Crippen LogP contribution in [0.15, 0.2) is 30.5 Å². The summed E-state index contributed by atoms with van der Waals surface area (Å²) in [6.07, 6.45) is 2.92. The molecule has 1 aromatic heterocycles. The first kappa shape index (κ1) is 11.4. The topological polar surface area (TPSA) is 54.4 Å². The van der Waals surface area contributed by atoms with Crippen LogP contribution >= 0.6 is 0 Å². The fourth-order valence-corrected chi connectivity index (χ4v) is 2.25. The zero-order valence-electron chi connectivity index (χ0n) is 10.1. The van der Waals surface area contributed by atoms with Crippen LogP contribution in [0.1, 0.15) is 18.0 Å². The quantitative estimate of drug-likeness (QED) is 0.805. The van der Waals surface area contributed by atoms with Gasteiger partial charge >= 0.3 is 0 Å². The molecule has 2 heterocycles. The van der Waals surface area contributed by atoms with Crippen LogP contribution in [0.3, 0.4) is 0 Å². The van der Waals surface area contributed by atoms with Gasteiger partial charge in [-0.2, -0.15) is 0 Å². The van der Waals surface area contributed by atoms with E-state index >= 15 is 0 Å². The Morgan fingerprint density at radius 2 is 2.28 bits per heavy atom. The van der Waals surface area contributed by atoms with E-state index in [-0.39, 0.29) is 11.8 Å². The number of nitrogens with one attached hydrogen (secondary N) is 1. The molecule has 0 aliphatic carbocycles. The second-order valence-electron chi connectivity index (χ2n) is 4.58. The Morgan fingerprint density at radius 1 is 1.33 bits per heavy atom. The number of benzene rings is 1. The summed E-state index contributed by atoms with van der Waals surface area (Å²) in [7, 11) is 0. The van der Waals surface area contributed by atoms with E-state index in [1.807, 2.05) is 12.3 Å². The fourth-order valence-electron chi connectivity index (χ4n) is 2.25. The number of rotatable bonds is 1. The Labute approximate surface area is 106 Å². The monoisotopic (exact) mass is 244 g/mol. The molecule has 18 heavy (non-hydrogen) atoms. The van der Waals surface area contributed by atoms with Crippen molar-refractivity contribution in [3.63, 3.8) is 0 Å². The SMILES string of the molecule is Oc1ccc2ncc(C3COCCCN3)cc2c1. The van der Waals surface area contributed by atoms with Crippen molar-refractivity contribution in [3.05, 3.63) is 36.0 Å². The highest BCUT2D eigenvalue weighted by atomic mass is 16.5. The fraction of sp³-hybridized carbons (Fsp3) is 0.357. The van der Waals surface area contributed by atoms with Crippen molar-refractivity contribution in [2.24, 2.45) is 0 Å². The van der Waals surface area contributed by atoms with Crippen molar-refractivity contribution < 1.29 is 9.84 Å². The molecule has 4 heteroatoms. The second kappa shape index (κ2) is 4.92. The summed E-state index contributed by atoms with van der Waals surface area (Å²) in [6.45, 7) is 2.44. The average Bonchev–Trinajstić information content (AvgIpc) is 2.66. The molecule has 2 N–H and O–H groups in total. The lowest BCUT2D eigenvalue weighted by atomic mass is 10.1. The molecule has 1 saturated heterocycles. The Balaban J connectivity index is 1.96. The van der Waals surface area contributed by atoms with Crippen LogP contribution in [0, 0.1) is 0 Å². The van der Waals surface area contributed by atoms with E-state index in [0.717, 1.165) is 36.0 Å². The number of phenolic OH excluding ortho intramolecular Hbond substituents is 1. The maximum atomic E-state index is 9.51. The molecule has 1 aliphatic heterocycles. The minimum Gasteiger partial charge on any atom is -0.508 e. The van der Waals surface area contributed by atoms with Crippen LogP contribution in [0.2, 0.25) is 0 Å². The van der Waals surface area contributed by atoms with E-state index in [1.54, 1.807) is 12.1 Å².